The van der Waals surface area contributed by atoms with Gasteiger partial charge in [0.15, 0.2) is 5.82 Å². The zero-order chi connectivity index (χ0) is 39.3. The number of hydrogen-bond donors (Lipinski definition) is 0. The third-order valence-electron chi connectivity index (χ3n) is 13.4. The number of aromatic nitrogens is 3. The van der Waals surface area contributed by atoms with Crippen LogP contribution >= 0.6 is 11.3 Å². The van der Waals surface area contributed by atoms with Gasteiger partial charge in [-0.15, -0.1) is 11.3 Å². The Labute approximate surface area is 345 Å². The molecular weight excluding hydrogens is 735 g/mol. The molecule has 8 aromatic carbocycles. The Bertz CT molecular complexity index is 3710. The molecule has 0 amide bonds. The lowest BCUT2D eigenvalue weighted by molar-refractivity contribution is 0.660. The quantitative estimate of drug-likeness (QED) is 0.179. The molecule has 0 atom stereocenters. The summed E-state index contributed by atoms with van der Waals surface area (Å²) in [6, 6.07) is 51.9. The standard InChI is InChI=1S/C55H37N3S/c1-5-31-19-23-46-41(25-31)48-38-15-8-9-16-39(38)49-42-26-32-12-6-7-13-33(32)29-47(42)59-53(49)52(48)58(46)54-50(56-45-28-35-24-30(2)18-21-36(35)51(45)57-54)34-20-22-44-40(27-34)37-14-10-11-17-43(37)55(44,3)4/h5-27,29H,1,28H2,2-4H3. The molecule has 0 bridgehead atoms. The maximum atomic E-state index is 5.82. The molecule has 0 radical (unpaired) electrons. The molecule has 3 aromatic heterocycles. The summed E-state index contributed by atoms with van der Waals surface area (Å²) < 4.78 is 5.00. The summed E-state index contributed by atoms with van der Waals surface area (Å²) in [5.41, 5.74) is 16.3. The van der Waals surface area contributed by atoms with Crippen molar-refractivity contribution in [2.45, 2.75) is 32.6 Å². The van der Waals surface area contributed by atoms with Crippen LogP contribution in [0.3, 0.4) is 0 Å². The lowest BCUT2D eigenvalue weighted by Crippen LogP contribution is -2.14. The summed E-state index contributed by atoms with van der Waals surface area (Å²) in [5.74, 6) is 0.855. The van der Waals surface area contributed by atoms with Crippen LogP contribution in [0.4, 0.5) is 0 Å². The first-order chi connectivity index (χ1) is 28.9. The zero-order valence-corrected chi connectivity index (χ0v) is 33.8. The highest BCUT2D eigenvalue weighted by molar-refractivity contribution is 7.27. The molecule has 0 spiro atoms. The summed E-state index contributed by atoms with van der Waals surface area (Å²) in [5, 5.41) is 10.0. The fraction of sp³-hybridized carbons (Fsp3) is 0.0909. The molecule has 0 N–H and O–H groups in total. The van der Waals surface area contributed by atoms with Crippen LogP contribution in [0.15, 0.2) is 146 Å². The van der Waals surface area contributed by atoms with Crippen molar-refractivity contribution in [2.24, 2.45) is 0 Å². The van der Waals surface area contributed by atoms with Gasteiger partial charge in [0, 0.05) is 49.2 Å². The third-order valence-corrected chi connectivity index (χ3v) is 14.5. The van der Waals surface area contributed by atoms with E-state index in [-0.39, 0.29) is 5.41 Å². The van der Waals surface area contributed by atoms with Gasteiger partial charge in [-0.25, -0.2) is 9.97 Å². The molecule has 13 rings (SSSR count). The van der Waals surface area contributed by atoms with Crippen molar-refractivity contribution < 1.29 is 0 Å². The molecule has 3 nitrogen and oxygen atoms in total. The van der Waals surface area contributed by atoms with E-state index in [4.69, 9.17) is 9.97 Å². The topological polar surface area (TPSA) is 30.7 Å². The molecule has 0 saturated carbocycles. The van der Waals surface area contributed by atoms with Crippen LogP contribution in [-0.2, 0) is 11.8 Å². The number of benzene rings is 8. The average molecular weight is 772 g/mol. The van der Waals surface area contributed by atoms with E-state index >= 15 is 0 Å². The van der Waals surface area contributed by atoms with E-state index in [0.717, 1.165) is 46.0 Å². The molecule has 59 heavy (non-hydrogen) atoms. The summed E-state index contributed by atoms with van der Waals surface area (Å²) in [6.45, 7) is 11.1. The van der Waals surface area contributed by atoms with Gasteiger partial charge in [-0.05, 0) is 92.2 Å². The van der Waals surface area contributed by atoms with Crippen LogP contribution in [0.1, 0.15) is 47.4 Å². The fourth-order valence-electron chi connectivity index (χ4n) is 10.6. The predicted molar refractivity (Wildman–Crippen MR) is 250 cm³/mol. The Morgan fingerprint density at radius 3 is 2.25 bits per heavy atom. The molecule has 2 aliphatic carbocycles. The Morgan fingerprint density at radius 2 is 1.41 bits per heavy atom. The Hall–Kier alpha value is -6.88. The zero-order valence-electron chi connectivity index (χ0n) is 33.0. The Morgan fingerprint density at radius 1 is 0.644 bits per heavy atom. The van der Waals surface area contributed by atoms with Crippen molar-refractivity contribution in [1.82, 2.24) is 14.5 Å². The van der Waals surface area contributed by atoms with Gasteiger partial charge >= 0.3 is 0 Å². The molecule has 0 saturated heterocycles. The molecule has 0 unspecified atom stereocenters. The molecule has 0 aliphatic heterocycles. The minimum absolute atomic E-state index is 0.0925. The van der Waals surface area contributed by atoms with Gasteiger partial charge in [0.2, 0.25) is 0 Å². The molecular formula is C55H37N3S. The first-order valence-electron chi connectivity index (χ1n) is 20.5. The first kappa shape index (κ1) is 33.1. The van der Waals surface area contributed by atoms with Crippen LogP contribution in [0.5, 0.6) is 0 Å². The smallest absolute Gasteiger partial charge is 0.165 e. The van der Waals surface area contributed by atoms with E-state index in [1.54, 1.807) is 0 Å². The van der Waals surface area contributed by atoms with Gasteiger partial charge in [-0.1, -0.05) is 141 Å². The second-order valence-electron chi connectivity index (χ2n) is 17.0. The van der Waals surface area contributed by atoms with Crippen molar-refractivity contribution in [3.05, 3.63) is 180 Å². The number of hydrogen-bond acceptors (Lipinski definition) is 3. The number of aryl methyl sites for hydroxylation is 1. The van der Waals surface area contributed by atoms with Crippen LogP contribution < -0.4 is 0 Å². The number of rotatable bonds is 3. The lowest BCUT2D eigenvalue weighted by Gasteiger charge is -2.21. The van der Waals surface area contributed by atoms with Crippen LogP contribution in [-0.4, -0.2) is 14.5 Å². The minimum Gasteiger partial charge on any atom is -0.290 e. The van der Waals surface area contributed by atoms with Crippen LogP contribution in [0, 0.1) is 6.92 Å². The van der Waals surface area contributed by atoms with Gasteiger partial charge in [0.1, 0.15) is 5.69 Å². The number of nitrogens with zero attached hydrogens (tertiary/aromatic N) is 3. The van der Waals surface area contributed by atoms with Crippen molar-refractivity contribution in [2.75, 3.05) is 0 Å². The summed E-state index contributed by atoms with van der Waals surface area (Å²) >= 11 is 1.89. The van der Waals surface area contributed by atoms with Crippen molar-refractivity contribution in [3.8, 4) is 39.5 Å². The third kappa shape index (κ3) is 4.42. The van der Waals surface area contributed by atoms with E-state index in [1.165, 1.54) is 97.0 Å². The Balaban J connectivity index is 1.21. The average Bonchev–Trinajstić information content (AvgIpc) is 3.98. The minimum atomic E-state index is -0.0925. The van der Waals surface area contributed by atoms with Crippen molar-refractivity contribution in [3.63, 3.8) is 0 Å². The van der Waals surface area contributed by atoms with Crippen molar-refractivity contribution in [1.29, 1.82) is 0 Å². The van der Waals surface area contributed by atoms with Gasteiger partial charge in [-0.3, -0.25) is 4.57 Å². The fourth-order valence-corrected chi connectivity index (χ4v) is 11.9. The summed E-state index contributed by atoms with van der Waals surface area (Å²) in [4.78, 5) is 11.5. The maximum Gasteiger partial charge on any atom is 0.165 e. The largest absolute Gasteiger partial charge is 0.290 e. The molecule has 11 aromatic rings. The van der Waals surface area contributed by atoms with Gasteiger partial charge in [-0.2, -0.15) is 0 Å². The summed E-state index contributed by atoms with van der Waals surface area (Å²) in [7, 11) is 0. The monoisotopic (exact) mass is 771 g/mol. The van der Waals surface area contributed by atoms with Crippen LogP contribution in [0.25, 0.3) is 109 Å². The highest BCUT2D eigenvalue weighted by Gasteiger charge is 2.36. The molecule has 4 heteroatoms. The Kier molecular flexibility index (Phi) is 6.53. The maximum absolute atomic E-state index is 5.82. The number of thiophene rings is 1. The van der Waals surface area contributed by atoms with Gasteiger partial charge < -0.3 is 0 Å². The van der Waals surface area contributed by atoms with E-state index < -0.39 is 0 Å². The number of fused-ring (bicyclic) bond motifs is 17. The van der Waals surface area contributed by atoms with E-state index in [0.29, 0.717) is 0 Å². The predicted octanol–water partition coefficient (Wildman–Crippen LogP) is 14.7. The molecule has 3 heterocycles. The summed E-state index contributed by atoms with van der Waals surface area (Å²) in [6.07, 6.45) is 2.72. The lowest BCUT2D eigenvalue weighted by atomic mass is 9.82. The first-order valence-corrected chi connectivity index (χ1v) is 21.3. The van der Waals surface area contributed by atoms with Gasteiger partial charge in [0.25, 0.3) is 0 Å². The second-order valence-corrected chi connectivity index (χ2v) is 18.1. The van der Waals surface area contributed by atoms with Crippen LogP contribution in [0.2, 0.25) is 0 Å². The van der Waals surface area contributed by atoms with Gasteiger partial charge in [0.05, 0.1) is 27.1 Å². The molecule has 0 fully saturated rings. The van der Waals surface area contributed by atoms with E-state index in [1.807, 2.05) is 17.4 Å². The van der Waals surface area contributed by atoms with E-state index in [2.05, 4.69) is 171 Å². The molecule has 278 valence electrons. The molecule has 2 aliphatic rings. The highest BCUT2D eigenvalue weighted by atomic mass is 32.1. The van der Waals surface area contributed by atoms with E-state index in [9.17, 15) is 0 Å². The normalized spacial score (nSPS) is 13.8. The second kappa shape index (κ2) is 11.6. The van der Waals surface area contributed by atoms with Crippen molar-refractivity contribution >= 4 is 80.9 Å². The SMILES string of the molecule is C=Cc1ccc2c(c1)c1c3ccccc3c3c4cc5ccccc5cc4sc3c1n2-c1nc2c(nc1-c1ccc3c(c1)-c1ccccc1C3(C)C)Cc1cc(C)ccc1-2. The highest BCUT2D eigenvalue weighted by Crippen LogP contribution is 2.52.